The standard InChI is InChI=1S/C19H21N5O8S/c1-9(25)32-7-10-8-33-17-19(31-2,16(29)24(17)13(10)15(27)28)23-14(26)12(22-18(20)30)11-5-3-4-6-21-11/h3-6,12,17H,7-8H2,1-2H3,(H,23,26)(H,27,28)(H3,20,22,30)/t12?,17-,19-/m1/s1. The number of carbonyl (C=O) groups excluding carboxylic acids is 4. The number of aliphatic carboxylic acids is 1. The third-order valence-electron chi connectivity index (χ3n) is 4.93. The number of urea groups is 1. The number of nitrogens with two attached hydrogens (primary N) is 1. The van der Waals surface area contributed by atoms with Crippen molar-refractivity contribution < 1.29 is 38.6 Å². The second-order valence-electron chi connectivity index (χ2n) is 7.00. The summed E-state index contributed by atoms with van der Waals surface area (Å²) in [5, 5.41) is 13.5. The first-order valence-corrected chi connectivity index (χ1v) is 10.5. The minimum Gasteiger partial charge on any atom is -0.477 e. The number of carboxylic acid groups (broad SMARTS) is 1. The molecule has 4 amide bonds. The van der Waals surface area contributed by atoms with E-state index in [1.54, 1.807) is 12.1 Å². The number of β-lactam (4-membered cyclic amide) rings is 1. The van der Waals surface area contributed by atoms with E-state index in [1.165, 1.54) is 26.3 Å². The lowest BCUT2D eigenvalue weighted by Gasteiger charge is -2.55. The average molecular weight is 479 g/mol. The number of fused-ring (bicyclic) bond motifs is 1. The molecule has 3 rings (SSSR count). The van der Waals surface area contributed by atoms with Gasteiger partial charge in [-0.2, -0.15) is 0 Å². The average Bonchev–Trinajstić information content (AvgIpc) is 2.78. The van der Waals surface area contributed by atoms with E-state index in [2.05, 4.69) is 15.6 Å². The van der Waals surface area contributed by atoms with Crippen LogP contribution in [-0.2, 0) is 28.7 Å². The Morgan fingerprint density at radius 1 is 1.39 bits per heavy atom. The van der Waals surface area contributed by atoms with Gasteiger partial charge in [0.15, 0.2) is 6.04 Å². The molecular weight excluding hydrogens is 458 g/mol. The number of hydrogen-bond donors (Lipinski definition) is 4. The summed E-state index contributed by atoms with van der Waals surface area (Å²) in [5.74, 6) is -3.57. The van der Waals surface area contributed by atoms with Crippen LogP contribution >= 0.6 is 11.8 Å². The molecule has 1 fully saturated rings. The molecule has 14 heteroatoms. The summed E-state index contributed by atoms with van der Waals surface area (Å²) in [6.45, 7) is 0.884. The number of aromatic nitrogens is 1. The quantitative estimate of drug-likeness (QED) is 0.206. The SMILES string of the molecule is CO[C@]1(NC(=O)C(NC(N)=O)c2ccccn2)C(=O)N2C(C(=O)O)=C(COC(C)=O)CS[C@@H]21. The Hall–Kier alpha value is -3.65. The van der Waals surface area contributed by atoms with Crippen molar-refractivity contribution in [2.75, 3.05) is 19.5 Å². The van der Waals surface area contributed by atoms with E-state index in [0.717, 1.165) is 16.7 Å². The molecule has 33 heavy (non-hydrogen) atoms. The maximum Gasteiger partial charge on any atom is 0.352 e. The van der Waals surface area contributed by atoms with Crippen LogP contribution < -0.4 is 16.4 Å². The molecule has 1 aromatic heterocycles. The Labute approximate surface area is 191 Å². The van der Waals surface area contributed by atoms with Gasteiger partial charge in [-0.25, -0.2) is 9.59 Å². The van der Waals surface area contributed by atoms with Gasteiger partial charge in [-0.15, -0.1) is 11.8 Å². The van der Waals surface area contributed by atoms with Crippen LogP contribution in [0.3, 0.4) is 0 Å². The number of amides is 4. The van der Waals surface area contributed by atoms with E-state index in [-0.39, 0.29) is 29.3 Å². The lowest BCUT2D eigenvalue weighted by molar-refractivity contribution is -0.193. The summed E-state index contributed by atoms with van der Waals surface area (Å²) in [4.78, 5) is 65.6. The summed E-state index contributed by atoms with van der Waals surface area (Å²) in [5.41, 5.74) is 3.33. The zero-order valence-electron chi connectivity index (χ0n) is 17.6. The first-order chi connectivity index (χ1) is 15.6. The number of pyridine rings is 1. The normalized spacial score (nSPS) is 22.5. The monoisotopic (exact) mass is 479 g/mol. The van der Waals surface area contributed by atoms with Gasteiger partial charge in [0, 0.05) is 31.6 Å². The summed E-state index contributed by atoms with van der Waals surface area (Å²) in [6.07, 6.45) is 1.41. The number of rotatable bonds is 8. The Morgan fingerprint density at radius 2 is 2.12 bits per heavy atom. The molecule has 0 bridgehead atoms. The highest BCUT2D eigenvalue weighted by Crippen LogP contribution is 2.46. The molecule has 5 N–H and O–H groups in total. The number of thioether (sulfide) groups is 1. The Kier molecular flexibility index (Phi) is 6.88. The number of nitrogens with zero attached hydrogens (tertiary/aromatic N) is 2. The van der Waals surface area contributed by atoms with E-state index in [9.17, 15) is 29.1 Å². The maximum absolute atomic E-state index is 13.1. The number of nitrogens with one attached hydrogen (secondary N) is 2. The largest absolute Gasteiger partial charge is 0.477 e. The predicted molar refractivity (Wildman–Crippen MR) is 112 cm³/mol. The van der Waals surface area contributed by atoms with Crippen molar-refractivity contribution in [3.05, 3.63) is 41.4 Å². The summed E-state index contributed by atoms with van der Waals surface area (Å²) < 4.78 is 10.3. The van der Waals surface area contributed by atoms with Gasteiger partial charge in [0.2, 0.25) is 0 Å². The van der Waals surface area contributed by atoms with E-state index < -0.39 is 46.9 Å². The number of carboxylic acids is 1. The second-order valence-corrected chi connectivity index (χ2v) is 8.07. The smallest absolute Gasteiger partial charge is 0.352 e. The zero-order chi connectivity index (χ0) is 24.3. The van der Waals surface area contributed by atoms with Crippen LogP contribution in [0.4, 0.5) is 4.79 Å². The van der Waals surface area contributed by atoms with E-state index in [4.69, 9.17) is 15.2 Å². The molecule has 3 atom stereocenters. The van der Waals surface area contributed by atoms with Gasteiger partial charge in [0.25, 0.3) is 17.5 Å². The van der Waals surface area contributed by atoms with Crippen LogP contribution in [0.15, 0.2) is 35.7 Å². The van der Waals surface area contributed by atoms with Gasteiger partial charge in [0.1, 0.15) is 17.7 Å². The highest BCUT2D eigenvalue weighted by Gasteiger charge is 2.67. The Bertz CT molecular complexity index is 1030. The number of carbonyl (C=O) groups is 5. The predicted octanol–water partition coefficient (Wildman–Crippen LogP) is -0.933. The fourth-order valence-corrected chi connectivity index (χ4v) is 4.88. The summed E-state index contributed by atoms with van der Waals surface area (Å²) in [6, 6.07) is 2.36. The second kappa shape index (κ2) is 9.46. The van der Waals surface area contributed by atoms with Crippen molar-refractivity contribution in [1.29, 1.82) is 0 Å². The fraction of sp³-hybridized carbons (Fsp3) is 0.368. The van der Waals surface area contributed by atoms with Gasteiger partial charge in [-0.1, -0.05) is 6.07 Å². The first-order valence-electron chi connectivity index (χ1n) is 9.50. The molecule has 3 heterocycles. The molecule has 0 aromatic carbocycles. The van der Waals surface area contributed by atoms with Crippen molar-refractivity contribution in [2.45, 2.75) is 24.1 Å². The molecule has 176 valence electrons. The molecule has 0 aliphatic carbocycles. The third-order valence-corrected chi connectivity index (χ3v) is 6.30. The molecule has 0 spiro atoms. The molecule has 2 aliphatic rings. The van der Waals surface area contributed by atoms with Crippen molar-refractivity contribution >= 4 is 41.5 Å². The van der Waals surface area contributed by atoms with Crippen molar-refractivity contribution in [1.82, 2.24) is 20.5 Å². The first kappa shape index (κ1) is 24.0. The molecule has 1 unspecified atom stereocenters. The van der Waals surface area contributed by atoms with Gasteiger partial charge in [0.05, 0.1) is 5.69 Å². The van der Waals surface area contributed by atoms with E-state index in [1.807, 2.05) is 0 Å². The highest BCUT2D eigenvalue weighted by molar-refractivity contribution is 8.00. The van der Waals surface area contributed by atoms with Crippen molar-refractivity contribution in [3.8, 4) is 0 Å². The minimum atomic E-state index is -1.90. The Morgan fingerprint density at radius 3 is 2.67 bits per heavy atom. The number of ether oxygens (including phenoxy) is 2. The topological polar surface area (TPSA) is 190 Å². The van der Waals surface area contributed by atoms with E-state index >= 15 is 0 Å². The van der Waals surface area contributed by atoms with Crippen LogP contribution in [0.1, 0.15) is 18.7 Å². The number of hydrogen-bond acceptors (Lipinski definition) is 9. The van der Waals surface area contributed by atoms with Crippen LogP contribution in [-0.4, -0.2) is 75.3 Å². The zero-order valence-corrected chi connectivity index (χ0v) is 18.4. The lowest BCUT2D eigenvalue weighted by Crippen LogP contribution is -2.81. The van der Waals surface area contributed by atoms with Gasteiger partial charge in [-0.3, -0.25) is 24.3 Å². The molecular formula is C19H21N5O8S. The van der Waals surface area contributed by atoms with Crippen molar-refractivity contribution in [3.63, 3.8) is 0 Å². The fourth-order valence-electron chi connectivity index (χ4n) is 3.46. The van der Waals surface area contributed by atoms with Gasteiger partial charge >= 0.3 is 18.0 Å². The molecule has 2 aliphatic heterocycles. The third kappa shape index (κ3) is 4.47. The number of primary amides is 1. The van der Waals surface area contributed by atoms with Crippen LogP contribution in [0.25, 0.3) is 0 Å². The van der Waals surface area contributed by atoms with Crippen LogP contribution in [0.5, 0.6) is 0 Å². The van der Waals surface area contributed by atoms with Gasteiger partial charge in [-0.05, 0) is 12.1 Å². The lowest BCUT2D eigenvalue weighted by atomic mass is 9.97. The molecule has 1 aromatic rings. The van der Waals surface area contributed by atoms with Crippen LogP contribution in [0.2, 0.25) is 0 Å². The summed E-state index contributed by atoms with van der Waals surface area (Å²) in [7, 11) is 1.19. The summed E-state index contributed by atoms with van der Waals surface area (Å²) >= 11 is 1.12. The molecule has 1 saturated heterocycles. The molecule has 13 nitrogen and oxygen atoms in total. The Balaban J connectivity index is 1.89. The highest BCUT2D eigenvalue weighted by atomic mass is 32.2. The maximum atomic E-state index is 13.1. The number of esters is 1. The molecule has 0 radical (unpaired) electrons. The van der Waals surface area contributed by atoms with Crippen LogP contribution in [0, 0.1) is 0 Å². The molecule has 0 saturated carbocycles. The van der Waals surface area contributed by atoms with Gasteiger partial charge < -0.3 is 30.9 Å². The number of methoxy groups -OCH3 is 1. The minimum absolute atomic E-state index is 0.105. The van der Waals surface area contributed by atoms with Crippen molar-refractivity contribution in [2.24, 2.45) is 5.73 Å². The van der Waals surface area contributed by atoms with E-state index in [0.29, 0.717) is 0 Å².